The van der Waals surface area contributed by atoms with Crippen LogP contribution in [0, 0.1) is 0 Å². The van der Waals surface area contributed by atoms with Gasteiger partial charge in [0.05, 0.1) is 12.5 Å². The van der Waals surface area contributed by atoms with Gasteiger partial charge in [-0.05, 0) is 18.8 Å². The lowest BCUT2D eigenvalue weighted by Crippen LogP contribution is -2.40. The Hall–Kier alpha value is -0.220. The van der Waals surface area contributed by atoms with Crippen molar-refractivity contribution in [1.29, 1.82) is 0 Å². The normalized spacial score (nSPS) is 22.9. The zero-order chi connectivity index (χ0) is 6.85. The van der Waals surface area contributed by atoms with Crippen LogP contribution in [0.1, 0.15) is 0 Å². The smallest absolute Gasteiger partial charge is 0.283 e. The van der Waals surface area contributed by atoms with Gasteiger partial charge in [0.15, 0.2) is 0 Å². The molecule has 0 aromatic carbocycles. The van der Waals surface area contributed by atoms with E-state index in [0.717, 1.165) is 12.5 Å². The Morgan fingerprint density at radius 2 is 2.22 bits per heavy atom. The molecule has 1 amide bonds. The summed E-state index contributed by atoms with van der Waals surface area (Å²) >= 11 is 1.35. The molecule has 0 aliphatic carbocycles. The van der Waals surface area contributed by atoms with Gasteiger partial charge in [-0.1, -0.05) is 0 Å². The van der Waals surface area contributed by atoms with Crippen LogP contribution >= 0.6 is 11.8 Å². The third kappa shape index (κ3) is 1.59. The third-order valence-corrected chi connectivity index (χ3v) is 2.30. The number of hydrogen-bond donors (Lipinski definition) is 0. The first-order chi connectivity index (χ1) is 4.20. The fraction of sp³-hybridized carbons (Fsp3) is 0.800. The van der Waals surface area contributed by atoms with E-state index in [1.54, 1.807) is 4.90 Å². The Bertz CT molecular complexity index is 128. The van der Waals surface area contributed by atoms with Gasteiger partial charge in [-0.15, -0.1) is 0 Å². The molecule has 1 heterocycles. The Labute approximate surface area is 59.0 Å². The Morgan fingerprint density at radius 3 is 2.67 bits per heavy atom. The summed E-state index contributed by atoms with van der Waals surface area (Å²) in [4.78, 5) is 14.6. The predicted octanol–water partition coefficient (Wildman–Crippen LogP) is 0.632. The molecular weight excluding hydrogens is 136 g/mol. The van der Waals surface area contributed by atoms with Gasteiger partial charge in [0.1, 0.15) is 0 Å². The van der Waals surface area contributed by atoms with E-state index in [1.165, 1.54) is 11.8 Å². The van der Waals surface area contributed by atoms with Crippen LogP contribution in [-0.4, -0.2) is 41.7 Å². The monoisotopic (exact) mass is 146 g/mol. The number of carbonyl (C=O) groups excluding carboxylic acids is 1. The highest BCUT2D eigenvalue weighted by molar-refractivity contribution is 8.13. The fourth-order valence-electron chi connectivity index (χ4n) is 0.736. The van der Waals surface area contributed by atoms with Crippen LogP contribution in [0.2, 0.25) is 0 Å². The molecule has 1 aliphatic heterocycles. The van der Waals surface area contributed by atoms with E-state index in [9.17, 15) is 4.79 Å². The lowest BCUT2D eigenvalue weighted by molar-refractivity contribution is 0.195. The van der Waals surface area contributed by atoms with Crippen molar-refractivity contribution in [2.75, 3.05) is 26.6 Å². The van der Waals surface area contributed by atoms with E-state index >= 15 is 0 Å². The summed E-state index contributed by atoms with van der Waals surface area (Å²) in [6.07, 6.45) is 0. The zero-order valence-electron chi connectivity index (χ0n) is 5.63. The van der Waals surface area contributed by atoms with Crippen molar-refractivity contribution in [2.24, 2.45) is 0 Å². The Kier molecular flexibility index (Phi) is 1.97. The molecule has 3 nitrogen and oxygen atoms in total. The summed E-state index contributed by atoms with van der Waals surface area (Å²) in [7, 11) is 3.81. The highest BCUT2D eigenvalue weighted by Gasteiger charge is 2.17. The van der Waals surface area contributed by atoms with Crippen molar-refractivity contribution in [1.82, 2.24) is 9.80 Å². The average Bonchev–Trinajstić information content (AvgIpc) is 1.80. The van der Waals surface area contributed by atoms with Crippen LogP contribution in [0.15, 0.2) is 0 Å². The largest absolute Gasteiger partial charge is 0.324 e. The molecule has 1 aliphatic rings. The minimum atomic E-state index is 0.174. The maximum atomic E-state index is 10.8. The summed E-state index contributed by atoms with van der Waals surface area (Å²) in [6.45, 7) is 0.756. The second-order valence-corrected chi connectivity index (χ2v) is 3.13. The van der Waals surface area contributed by atoms with Crippen LogP contribution < -0.4 is 0 Å². The molecule has 0 radical (unpaired) electrons. The first-order valence-corrected chi connectivity index (χ1v) is 3.75. The van der Waals surface area contributed by atoms with Gasteiger partial charge in [-0.25, -0.2) is 0 Å². The topological polar surface area (TPSA) is 23.6 Å². The standard InChI is InChI=1S/C5H10N2OS/c1-6-3-7(2)5(8)9-4-6/h3-4H2,1-2H3. The molecule has 1 rings (SSSR count). The molecule has 1 fully saturated rings. The summed E-state index contributed by atoms with van der Waals surface area (Å²) in [5.74, 6) is 0.823. The molecule has 0 saturated carbocycles. The minimum absolute atomic E-state index is 0.174. The molecule has 52 valence electrons. The van der Waals surface area contributed by atoms with E-state index in [2.05, 4.69) is 4.90 Å². The average molecular weight is 146 g/mol. The Morgan fingerprint density at radius 1 is 1.56 bits per heavy atom. The minimum Gasteiger partial charge on any atom is -0.324 e. The quantitative estimate of drug-likeness (QED) is 0.501. The van der Waals surface area contributed by atoms with Gasteiger partial charge in [0, 0.05) is 7.05 Å². The van der Waals surface area contributed by atoms with Crippen molar-refractivity contribution < 1.29 is 4.79 Å². The van der Waals surface area contributed by atoms with E-state index in [0.29, 0.717) is 0 Å². The highest BCUT2D eigenvalue weighted by Crippen LogP contribution is 2.13. The highest BCUT2D eigenvalue weighted by atomic mass is 32.2. The molecule has 0 aromatic rings. The summed E-state index contributed by atoms with van der Waals surface area (Å²) in [6, 6.07) is 0. The maximum Gasteiger partial charge on any atom is 0.283 e. The van der Waals surface area contributed by atoms with E-state index < -0.39 is 0 Å². The first-order valence-electron chi connectivity index (χ1n) is 2.76. The van der Waals surface area contributed by atoms with Crippen LogP contribution in [0.25, 0.3) is 0 Å². The van der Waals surface area contributed by atoms with Crippen LogP contribution in [0.4, 0.5) is 4.79 Å². The third-order valence-electron chi connectivity index (χ3n) is 1.17. The number of hydrogen-bond acceptors (Lipinski definition) is 3. The molecule has 0 unspecified atom stereocenters. The van der Waals surface area contributed by atoms with Crippen LogP contribution in [-0.2, 0) is 0 Å². The molecule has 0 aromatic heterocycles. The van der Waals surface area contributed by atoms with Gasteiger partial charge in [-0.2, -0.15) is 0 Å². The molecule has 9 heavy (non-hydrogen) atoms. The summed E-state index contributed by atoms with van der Waals surface area (Å²) in [5.41, 5.74) is 0. The van der Waals surface area contributed by atoms with Gasteiger partial charge in [0.25, 0.3) is 5.24 Å². The molecule has 0 bridgehead atoms. The number of amides is 1. The van der Waals surface area contributed by atoms with Gasteiger partial charge in [0.2, 0.25) is 0 Å². The number of thioether (sulfide) groups is 1. The molecule has 0 atom stereocenters. The molecule has 4 heteroatoms. The van der Waals surface area contributed by atoms with Gasteiger partial charge >= 0.3 is 0 Å². The van der Waals surface area contributed by atoms with Crippen molar-refractivity contribution in [3.8, 4) is 0 Å². The summed E-state index contributed by atoms with van der Waals surface area (Å²) in [5, 5.41) is 0.174. The first kappa shape index (κ1) is 6.89. The van der Waals surface area contributed by atoms with E-state index in [4.69, 9.17) is 0 Å². The second-order valence-electron chi connectivity index (χ2n) is 2.23. The zero-order valence-corrected chi connectivity index (χ0v) is 6.44. The number of carbonyl (C=O) groups is 1. The summed E-state index contributed by atoms with van der Waals surface area (Å²) < 4.78 is 0. The lowest BCUT2D eigenvalue weighted by Gasteiger charge is -2.28. The number of rotatable bonds is 0. The van der Waals surface area contributed by atoms with Crippen molar-refractivity contribution in [3.05, 3.63) is 0 Å². The van der Waals surface area contributed by atoms with E-state index in [-0.39, 0.29) is 5.24 Å². The van der Waals surface area contributed by atoms with Crippen LogP contribution in [0.5, 0.6) is 0 Å². The van der Waals surface area contributed by atoms with Gasteiger partial charge < -0.3 is 4.90 Å². The van der Waals surface area contributed by atoms with Crippen molar-refractivity contribution in [2.45, 2.75) is 0 Å². The Balaban J connectivity index is 2.44. The second kappa shape index (κ2) is 2.58. The molecular formula is C5H10N2OS. The fourth-order valence-corrected chi connectivity index (χ4v) is 1.43. The van der Waals surface area contributed by atoms with E-state index in [1.807, 2.05) is 14.1 Å². The predicted molar refractivity (Wildman–Crippen MR) is 38.2 cm³/mol. The van der Waals surface area contributed by atoms with Crippen molar-refractivity contribution in [3.63, 3.8) is 0 Å². The van der Waals surface area contributed by atoms with Crippen molar-refractivity contribution >= 4 is 17.0 Å². The lowest BCUT2D eigenvalue weighted by atomic mass is 10.7. The maximum absolute atomic E-state index is 10.8. The van der Waals surface area contributed by atoms with Gasteiger partial charge in [-0.3, -0.25) is 9.69 Å². The van der Waals surface area contributed by atoms with Crippen LogP contribution in [0.3, 0.4) is 0 Å². The SMILES string of the molecule is CN1CSC(=O)N(C)C1. The molecule has 0 spiro atoms. The molecule has 0 N–H and O–H groups in total. The number of nitrogens with zero attached hydrogens (tertiary/aromatic N) is 2. The molecule has 1 saturated heterocycles.